The van der Waals surface area contributed by atoms with E-state index >= 15 is 0 Å². The molecule has 0 saturated heterocycles. The Morgan fingerprint density at radius 2 is 2.19 bits per heavy atom. The van der Waals surface area contributed by atoms with Crippen LogP contribution in [-0.2, 0) is 0 Å². The standard InChI is InChI=1S/C12H15BrClNO/c13-9-2-3-10(14)11(8-9)16-12(6-7-15)4-1-5-12/h2-3,8H,1,4-7,15H2. The summed E-state index contributed by atoms with van der Waals surface area (Å²) in [5.74, 6) is 0.754. The molecule has 0 aliphatic heterocycles. The first-order chi connectivity index (χ1) is 7.65. The second-order valence-electron chi connectivity index (χ2n) is 4.25. The monoisotopic (exact) mass is 303 g/mol. The van der Waals surface area contributed by atoms with Gasteiger partial charge in [-0.05, 0) is 50.4 Å². The summed E-state index contributed by atoms with van der Waals surface area (Å²) in [6.07, 6.45) is 4.27. The smallest absolute Gasteiger partial charge is 0.139 e. The lowest BCUT2D eigenvalue weighted by atomic mass is 9.77. The van der Waals surface area contributed by atoms with Gasteiger partial charge in [0.2, 0.25) is 0 Å². The van der Waals surface area contributed by atoms with Gasteiger partial charge in [0.25, 0.3) is 0 Å². The van der Waals surface area contributed by atoms with Crippen molar-refractivity contribution in [3.8, 4) is 5.75 Å². The van der Waals surface area contributed by atoms with E-state index in [1.54, 1.807) is 0 Å². The summed E-state index contributed by atoms with van der Waals surface area (Å²) in [6, 6.07) is 5.67. The van der Waals surface area contributed by atoms with Crippen molar-refractivity contribution in [3.63, 3.8) is 0 Å². The van der Waals surface area contributed by atoms with Crippen LogP contribution in [0.15, 0.2) is 22.7 Å². The topological polar surface area (TPSA) is 35.2 Å². The minimum Gasteiger partial charge on any atom is -0.486 e. The summed E-state index contributed by atoms with van der Waals surface area (Å²) in [5.41, 5.74) is 5.55. The fourth-order valence-electron chi connectivity index (χ4n) is 2.03. The Labute approximate surface area is 109 Å². The number of nitrogens with two attached hydrogens (primary N) is 1. The van der Waals surface area contributed by atoms with E-state index in [2.05, 4.69) is 15.9 Å². The zero-order valence-corrected chi connectivity index (χ0v) is 11.4. The molecule has 0 unspecified atom stereocenters. The van der Waals surface area contributed by atoms with Gasteiger partial charge in [0.1, 0.15) is 11.4 Å². The number of ether oxygens (including phenoxy) is 1. The third-order valence-electron chi connectivity index (χ3n) is 3.08. The van der Waals surface area contributed by atoms with Crippen LogP contribution >= 0.6 is 27.5 Å². The third kappa shape index (κ3) is 2.53. The van der Waals surface area contributed by atoms with Gasteiger partial charge < -0.3 is 10.5 Å². The molecule has 1 aliphatic carbocycles. The molecular formula is C12H15BrClNO. The Kier molecular flexibility index (Phi) is 3.77. The predicted octanol–water partition coefficient (Wildman–Crippen LogP) is 3.75. The molecule has 4 heteroatoms. The van der Waals surface area contributed by atoms with Crippen LogP contribution < -0.4 is 10.5 Å². The van der Waals surface area contributed by atoms with Crippen LogP contribution in [0.1, 0.15) is 25.7 Å². The van der Waals surface area contributed by atoms with Crippen molar-refractivity contribution in [2.45, 2.75) is 31.3 Å². The normalized spacial score (nSPS) is 17.9. The Bertz CT molecular complexity index is 379. The highest BCUT2D eigenvalue weighted by molar-refractivity contribution is 9.10. The molecular weight excluding hydrogens is 289 g/mol. The predicted molar refractivity (Wildman–Crippen MR) is 70.0 cm³/mol. The van der Waals surface area contributed by atoms with E-state index in [1.807, 2.05) is 18.2 Å². The van der Waals surface area contributed by atoms with Crippen molar-refractivity contribution in [3.05, 3.63) is 27.7 Å². The van der Waals surface area contributed by atoms with Gasteiger partial charge in [0.05, 0.1) is 5.02 Å². The molecule has 0 atom stereocenters. The van der Waals surface area contributed by atoms with E-state index < -0.39 is 0 Å². The van der Waals surface area contributed by atoms with Crippen molar-refractivity contribution in [2.24, 2.45) is 5.73 Å². The van der Waals surface area contributed by atoms with Gasteiger partial charge >= 0.3 is 0 Å². The molecule has 0 radical (unpaired) electrons. The molecule has 1 fully saturated rings. The number of benzene rings is 1. The fraction of sp³-hybridized carbons (Fsp3) is 0.500. The third-order valence-corrected chi connectivity index (χ3v) is 3.89. The zero-order chi connectivity index (χ0) is 11.6. The van der Waals surface area contributed by atoms with Crippen molar-refractivity contribution < 1.29 is 4.74 Å². The average Bonchev–Trinajstić information content (AvgIpc) is 2.20. The van der Waals surface area contributed by atoms with Gasteiger partial charge in [-0.15, -0.1) is 0 Å². The van der Waals surface area contributed by atoms with Gasteiger partial charge in [-0.3, -0.25) is 0 Å². The summed E-state index contributed by atoms with van der Waals surface area (Å²) in [6.45, 7) is 0.658. The van der Waals surface area contributed by atoms with Crippen molar-refractivity contribution in [2.75, 3.05) is 6.54 Å². The molecule has 0 heterocycles. The van der Waals surface area contributed by atoms with E-state index in [-0.39, 0.29) is 5.60 Å². The number of hydrogen-bond acceptors (Lipinski definition) is 2. The maximum absolute atomic E-state index is 6.11. The summed E-state index contributed by atoms with van der Waals surface area (Å²) >= 11 is 9.53. The molecule has 88 valence electrons. The minimum absolute atomic E-state index is 0.0703. The summed E-state index contributed by atoms with van der Waals surface area (Å²) in [7, 11) is 0. The quantitative estimate of drug-likeness (QED) is 0.919. The maximum Gasteiger partial charge on any atom is 0.139 e. The van der Waals surface area contributed by atoms with Crippen molar-refractivity contribution >= 4 is 27.5 Å². The highest BCUT2D eigenvalue weighted by atomic mass is 79.9. The molecule has 0 amide bonds. The lowest BCUT2D eigenvalue weighted by Gasteiger charge is -2.42. The average molecular weight is 305 g/mol. The minimum atomic E-state index is -0.0703. The molecule has 1 aromatic carbocycles. The van der Waals surface area contributed by atoms with Crippen LogP contribution in [-0.4, -0.2) is 12.1 Å². The van der Waals surface area contributed by atoms with Gasteiger partial charge in [-0.25, -0.2) is 0 Å². The Hall–Kier alpha value is -0.250. The molecule has 2 nitrogen and oxygen atoms in total. The first-order valence-corrected chi connectivity index (χ1v) is 6.66. The SMILES string of the molecule is NCCC1(Oc2cc(Br)ccc2Cl)CCC1. The molecule has 1 aromatic rings. The van der Waals surface area contributed by atoms with Gasteiger partial charge in [-0.2, -0.15) is 0 Å². The molecule has 0 spiro atoms. The molecule has 1 aliphatic rings. The number of halogens is 2. The Balaban J connectivity index is 2.15. The Morgan fingerprint density at radius 3 is 2.75 bits per heavy atom. The van der Waals surface area contributed by atoms with E-state index in [1.165, 1.54) is 6.42 Å². The van der Waals surface area contributed by atoms with E-state index in [0.29, 0.717) is 11.6 Å². The lowest BCUT2D eigenvalue weighted by molar-refractivity contribution is -0.0124. The Morgan fingerprint density at radius 1 is 1.44 bits per heavy atom. The largest absolute Gasteiger partial charge is 0.486 e. The van der Waals surface area contributed by atoms with Gasteiger partial charge in [0, 0.05) is 4.47 Å². The maximum atomic E-state index is 6.11. The van der Waals surface area contributed by atoms with E-state index in [0.717, 1.165) is 29.5 Å². The van der Waals surface area contributed by atoms with E-state index in [9.17, 15) is 0 Å². The lowest BCUT2D eigenvalue weighted by Crippen LogP contribution is -2.44. The molecule has 2 rings (SSSR count). The van der Waals surface area contributed by atoms with Crippen LogP contribution in [0.25, 0.3) is 0 Å². The molecule has 0 bridgehead atoms. The number of hydrogen-bond donors (Lipinski definition) is 1. The number of rotatable bonds is 4. The summed E-state index contributed by atoms with van der Waals surface area (Å²) in [4.78, 5) is 0. The zero-order valence-electron chi connectivity index (χ0n) is 9.01. The summed E-state index contributed by atoms with van der Waals surface area (Å²) in [5, 5.41) is 0.659. The first kappa shape index (κ1) is 12.2. The molecule has 16 heavy (non-hydrogen) atoms. The molecule has 1 saturated carbocycles. The second-order valence-corrected chi connectivity index (χ2v) is 5.57. The fourth-order valence-corrected chi connectivity index (χ4v) is 2.52. The van der Waals surface area contributed by atoms with E-state index in [4.69, 9.17) is 22.1 Å². The highest BCUT2D eigenvalue weighted by Gasteiger charge is 2.38. The van der Waals surface area contributed by atoms with Crippen LogP contribution in [0.5, 0.6) is 5.75 Å². The van der Waals surface area contributed by atoms with Crippen LogP contribution in [0.4, 0.5) is 0 Å². The second kappa shape index (κ2) is 4.94. The first-order valence-electron chi connectivity index (χ1n) is 5.49. The highest BCUT2D eigenvalue weighted by Crippen LogP contribution is 2.41. The van der Waals surface area contributed by atoms with Gasteiger partial charge in [-0.1, -0.05) is 27.5 Å². The van der Waals surface area contributed by atoms with Crippen LogP contribution in [0, 0.1) is 0 Å². The van der Waals surface area contributed by atoms with Crippen molar-refractivity contribution in [1.29, 1.82) is 0 Å². The van der Waals surface area contributed by atoms with Crippen molar-refractivity contribution in [1.82, 2.24) is 0 Å². The van der Waals surface area contributed by atoms with Gasteiger partial charge in [0.15, 0.2) is 0 Å². The summed E-state index contributed by atoms with van der Waals surface area (Å²) < 4.78 is 7.03. The molecule has 2 N–H and O–H groups in total. The molecule has 0 aromatic heterocycles. The van der Waals surface area contributed by atoms with Crippen LogP contribution in [0.3, 0.4) is 0 Å². The van der Waals surface area contributed by atoms with Crippen LogP contribution in [0.2, 0.25) is 5.02 Å².